The molecule has 1 saturated heterocycles. The molecule has 0 atom stereocenters. The van der Waals surface area contributed by atoms with Crippen molar-refractivity contribution >= 4 is 5.91 Å². The number of amides is 1. The van der Waals surface area contributed by atoms with E-state index in [0.29, 0.717) is 18.2 Å². The van der Waals surface area contributed by atoms with Crippen molar-refractivity contribution in [2.75, 3.05) is 39.5 Å². The summed E-state index contributed by atoms with van der Waals surface area (Å²) >= 11 is 0. The van der Waals surface area contributed by atoms with Gasteiger partial charge < -0.3 is 19.4 Å². The summed E-state index contributed by atoms with van der Waals surface area (Å²) < 4.78 is 13.1. The van der Waals surface area contributed by atoms with Gasteiger partial charge in [0.15, 0.2) is 0 Å². The van der Waals surface area contributed by atoms with Gasteiger partial charge in [0.05, 0.1) is 24.9 Å². The fourth-order valence-electron chi connectivity index (χ4n) is 3.68. The second-order valence-electron chi connectivity index (χ2n) is 6.56. The Morgan fingerprint density at radius 2 is 2.17 bits per heavy atom. The van der Waals surface area contributed by atoms with Gasteiger partial charge in [-0.05, 0) is 25.8 Å². The molecule has 6 heteroatoms. The van der Waals surface area contributed by atoms with Crippen molar-refractivity contribution in [3.8, 4) is 0 Å². The molecule has 1 N–H and O–H groups in total. The topological polar surface area (TPSA) is 55.7 Å². The normalized spacial score (nSPS) is 28.3. The third-order valence-electron chi connectivity index (χ3n) is 4.97. The summed E-state index contributed by atoms with van der Waals surface area (Å²) in [6.45, 7) is 6.86. The largest absolute Gasteiger partial charge is 0.379 e. The predicted octanol–water partition coefficient (Wildman–Crippen LogP) is 1.02. The lowest BCUT2D eigenvalue weighted by Gasteiger charge is -2.55. The summed E-state index contributed by atoms with van der Waals surface area (Å²) in [4.78, 5) is 14.8. The monoisotopic (exact) mass is 321 g/mol. The van der Waals surface area contributed by atoms with Crippen LogP contribution < -0.4 is 5.32 Å². The molecule has 0 radical (unpaired) electrons. The van der Waals surface area contributed by atoms with E-state index in [0.717, 1.165) is 45.8 Å². The zero-order chi connectivity index (χ0) is 16.3. The van der Waals surface area contributed by atoms with Gasteiger partial charge in [-0.3, -0.25) is 9.69 Å². The van der Waals surface area contributed by atoms with Crippen LogP contribution in [-0.4, -0.2) is 66.5 Å². The third-order valence-corrected chi connectivity index (χ3v) is 4.97. The number of aromatic nitrogens is 1. The van der Waals surface area contributed by atoms with Crippen molar-refractivity contribution in [3.63, 3.8) is 0 Å². The maximum absolute atomic E-state index is 12.3. The Balaban J connectivity index is 1.61. The molecule has 0 spiro atoms. The number of ether oxygens (including phenoxy) is 2. The third kappa shape index (κ3) is 3.59. The number of carbonyl (C=O) groups is 1. The lowest BCUT2D eigenvalue weighted by molar-refractivity contribution is -0.124. The number of nitrogens with one attached hydrogen (secondary N) is 1. The van der Waals surface area contributed by atoms with E-state index in [1.807, 2.05) is 37.0 Å². The molecule has 1 amide bonds. The van der Waals surface area contributed by atoms with E-state index in [1.165, 1.54) is 0 Å². The molecular formula is C17H27N3O3. The van der Waals surface area contributed by atoms with Crippen molar-refractivity contribution in [1.29, 1.82) is 0 Å². The van der Waals surface area contributed by atoms with Crippen LogP contribution >= 0.6 is 0 Å². The molecule has 2 fully saturated rings. The van der Waals surface area contributed by atoms with E-state index >= 15 is 0 Å². The molecule has 1 aromatic rings. The predicted molar refractivity (Wildman–Crippen MR) is 87.5 cm³/mol. The molecule has 1 aliphatic carbocycles. The maximum atomic E-state index is 12.3. The van der Waals surface area contributed by atoms with Crippen LogP contribution in [0.25, 0.3) is 0 Å². The lowest BCUT2D eigenvalue weighted by atomic mass is 9.72. The van der Waals surface area contributed by atoms with Gasteiger partial charge in [-0.25, -0.2) is 0 Å². The minimum atomic E-state index is -0.00176. The molecule has 23 heavy (non-hydrogen) atoms. The quantitative estimate of drug-likeness (QED) is 0.850. The number of carbonyl (C=O) groups excluding carboxylic acids is 1. The maximum Gasteiger partial charge on any atom is 0.252 e. The summed E-state index contributed by atoms with van der Waals surface area (Å²) in [5.41, 5.74) is 0.735. The first-order chi connectivity index (χ1) is 11.1. The van der Waals surface area contributed by atoms with Gasteiger partial charge in [-0.2, -0.15) is 0 Å². The smallest absolute Gasteiger partial charge is 0.252 e. The van der Waals surface area contributed by atoms with Crippen LogP contribution in [-0.2, 0) is 16.5 Å². The number of morpholine rings is 1. The van der Waals surface area contributed by atoms with E-state index in [2.05, 4.69) is 10.2 Å². The Morgan fingerprint density at radius 3 is 2.78 bits per heavy atom. The van der Waals surface area contributed by atoms with Crippen LogP contribution in [0, 0.1) is 0 Å². The standard InChI is InChI=1S/C17H27N3O3/c1-3-23-15-10-17(11-15,20-6-8-22-9-7-20)13-18-16(21)14-4-5-19(2)12-14/h4-5,12,15H,3,6-11,13H2,1-2H3,(H,18,21). The van der Waals surface area contributed by atoms with Gasteiger partial charge in [0.25, 0.3) is 5.91 Å². The van der Waals surface area contributed by atoms with E-state index in [1.54, 1.807) is 0 Å². The van der Waals surface area contributed by atoms with E-state index in [9.17, 15) is 4.79 Å². The lowest BCUT2D eigenvalue weighted by Crippen LogP contribution is -2.67. The summed E-state index contributed by atoms with van der Waals surface area (Å²) in [7, 11) is 1.92. The molecule has 0 bridgehead atoms. The molecule has 0 aromatic carbocycles. The molecule has 128 valence electrons. The zero-order valence-corrected chi connectivity index (χ0v) is 14.1. The van der Waals surface area contributed by atoms with Gasteiger partial charge in [-0.1, -0.05) is 0 Å². The Hall–Kier alpha value is -1.37. The molecule has 2 heterocycles. The highest BCUT2D eigenvalue weighted by Crippen LogP contribution is 2.40. The van der Waals surface area contributed by atoms with Gasteiger partial charge in [0.1, 0.15) is 0 Å². The summed E-state index contributed by atoms with van der Waals surface area (Å²) in [6.07, 6.45) is 6.02. The number of hydrogen-bond donors (Lipinski definition) is 1. The van der Waals surface area contributed by atoms with Crippen LogP contribution in [0.5, 0.6) is 0 Å². The molecule has 2 aliphatic rings. The molecular weight excluding hydrogens is 294 g/mol. The first-order valence-corrected chi connectivity index (χ1v) is 8.47. The highest BCUT2D eigenvalue weighted by atomic mass is 16.5. The zero-order valence-electron chi connectivity index (χ0n) is 14.1. The Labute approximate surface area is 137 Å². The average molecular weight is 321 g/mol. The highest BCUT2D eigenvalue weighted by Gasteiger charge is 2.49. The summed E-state index contributed by atoms with van der Waals surface area (Å²) in [5, 5.41) is 3.12. The summed E-state index contributed by atoms with van der Waals surface area (Å²) in [5.74, 6) is -0.00176. The van der Waals surface area contributed by atoms with E-state index in [-0.39, 0.29) is 11.4 Å². The SMILES string of the molecule is CCOC1CC(CNC(=O)c2ccn(C)c2)(N2CCOCC2)C1. The Morgan fingerprint density at radius 1 is 1.43 bits per heavy atom. The molecule has 6 nitrogen and oxygen atoms in total. The second kappa shape index (κ2) is 7.03. The van der Waals surface area contributed by atoms with Gasteiger partial charge in [0.2, 0.25) is 0 Å². The summed E-state index contributed by atoms with van der Waals surface area (Å²) in [6, 6.07) is 1.85. The highest BCUT2D eigenvalue weighted by molar-refractivity contribution is 5.94. The van der Waals surface area contributed by atoms with E-state index in [4.69, 9.17) is 9.47 Å². The van der Waals surface area contributed by atoms with Gasteiger partial charge in [0, 0.05) is 51.2 Å². The molecule has 1 saturated carbocycles. The minimum absolute atomic E-state index is 0.00176. The minimum Gasteiger partial charge on any atom is -0.379 e. The molecule has 1 aliphatic heterocycles. The molecule has 3 rings (SSSR count). The van der Waals surface area contributed by atoms with Crippen molar-refractivity contribution in [2.24, 2.45) is 7.05 Å². The van der Waals surface area contributed by atoms with Crippen molar-refractivity contribution in [3.05, 3.63) is 24.0 Å². The number of rotatable bonds is 6. The van der Waals surface area contributed by atoms with Gasteiger partial charge in [-0.15, -0.1) is 0 Å². The Bertz CT molecular complexity index is 531. The van der Waals surface area contributed by atoms with Crippen LogP contribution in [0.3, 0.4) is 0 Å². The van der Waals surface area contributed by atoms with Gasteiger partial charge >= 0.3 is 0 Å². The average Bonchev–Trinajstić information content (AvgIpc) is 2.96. The van der Waals surface area contributed by atoms with Crippen molar-refractivity contribution < 1.29 is 14.3 Å². The van der Waals surface area contributed by atoms with Crippen LogP contribution in [0.4, 0.5) is 0 Å². The van der Waals surface area contributed by atoms with Crippen LogP contribution in [0.15, 0.2) is 18.5 Å². The Kier molecular flexibility index (Phi) is 5.04. The second-order valence-corrected chi connectivity index (χ2v) is 6.56. The van der Waals surface area contributed by atoms with Crippen molar-refractivity contribution in [2.45, 2.75) is 31.4 Å². The molecule has 1 aromatic heterocycles. The van der Waals surface area contributed by atoms with Crippen LogP contribution in [0.1, 0.15) is 30.1 Å². The number of nitrogens with zero attached hydrogens (tertiary/aromatic N) is 2. The first-order valence-electron chi connectivity index (χ1n) is 8.47. The first kappa shape index (κ1) is 16.5. The fourth-order valence-corrected chi connectivity index (χ4v) is 3.68. The number of aryl methyl sites for hydroxylation is 1. The van der Waals surface area contributed by atoms with Crippen LogP contribution in [0.2, 0.25) is 0 Å². The van der Waals surface area contributed by atoms with Crippen molar-refractivity contribution in [1.82, 2.24) is 14.8 Å². The van der Waals surface area contributed by atoms with E-state index < -0.39 is 0 Å². The molecule has 0 unspecified atom stereocenters. The fraction of sp³-hybridized carbons (Fsp3) is 0.706. The number of hydrogen-bond acceptors (Lipinski definition) is 4.